The molecule has 0 aromatic rings. The summed E-state index contributed by atoms with van der Waals surface area (Å²) in [5.74, 6) is -1.73. The molecule has 23 heavy (non-hydrogen) atoms. The molecule has 1 heterocycles. The SMILES string of the molecule is CCCCCCCCCCCCC(CCCC)OC1(O)OC1O. The maximum absolute atomic E-state index is 9.73. The molecule has 1 aliphatic heterocycles. The zero-order valence-corrected chi connectivity index (χ0v) is 15.3. The lowest BCUT2D eigenvalue weighted by Gasteiger charge is -2.19. The molecule has 1 rings (SSSR count). The standard InChI is InChI=1S/C19H38O4/c1-3-5-7-8-9-10-11-12-13-14-16-17(15-6-4-2)22-19(21)18(20)23-19/h17-18,20-21H,3-16H2,1-2H3. The second-order valence-electron chi connectivity index (χ2n) is 6.95. The van der Waals surface area contributed by atoms with Crippen LogP contribution in [0.4, 0.5) is 0 Å². The number of hydrogen-bond donors (Lipinski definition) is 2. The van der Waals surface area contributed by atoms with E-state index in [-0.39, 0.29) is 6.10 Å². The van der Waals surface area contributed by atoms with Crippen LogP contribution in [0, 0.1) is 0 Å². The molecule has 0 saturated carbocycles. The highest BCUT2D eigenvalue weighted by molar-refractivity contribution is 4.76. The summed E-state index contributed by atoms with van der Waals surface area (Å²) in [5.41, 5.74) is 0. The van der Waals surface area contributed by atoms with Crippen molar-refractivity contribution in [2.75, 3.05) is 0 Å². The van der Waals surface area contributed by atoms with Crippen molar-refractivity contribution in [3.63, 3.8) is 0 Å². The van der Waals surface area contributed by atoms with Gasteiger partial charge in [0, 0.05) is 0 Å². The summed E-state index contributed by atoms with van der Waals surface area (Å²) in [6.45, 7) is 4.40. The molecule has 0 bridgehead atoms. The van der Waals surface area contributed by atoms with Gasteiger partial charge in [-0.1, -0.05) is 90.9 Å². The quantitative estimate of drug-likeness (QED) is 0.241. The van der Waals surface area contributed by atoms with Gasteiger partial charge in [0.05, 0.1) is 6.10 Å². The highest BCUT2D eigenvalue weighted by Crippen LogP contribution is 2.35. The summed E-state index contributed by atoms with van der Waals surface area (Å²) in [6, 6.07) is 0. The zero-order chi connectivity index (χ0) is 17.0. The second-order valence-corrected chi connectivity index (χ2v) is 6.95. The fourth-order valence-corrected chi connectivity index (χ4v) is 3.00. The minimum atomic E-state index is -1.73. The van der Waals surface area contributed by atoms with Crippen molar-refractivity contribution >= 4 is 0 Å². The fourth-order valence-electron chi connectivity index (χ4n) is 3.00. The minimum absolute atomic E-state index is 0.00820. The molecule has 4 nitrogen and oxygen atoms in total. The number of unbranched alkanes of at least 4 members (excludes halogenated alkanes) is 10. The van der Waals surface area contributed by atoms with Crippen molar-refractivity contribution in [1.29, 1.82) is 0 Å². The molecule has 1 aliphatic rings. The van der Waals surface area contributed by atoms with Gasteiger partial charge in [0.2, 0.25) is 6.29 Å². The van der Waals surface area contributed by atoms with Gasteiger partial charge in [-0.2, -0.15) is 0 Å². The van der Waals surface area contributed by atoms with Crippen LogP contribution in [0.25, 0.3) is 0 Å². The first kappa shape index (κ1) is 20.9. The number of rotatable bonds is 16. The van der Waals surface area contributed by atoms with Crippen LogP contribution in [0.5, 0.6) is 0 Å². The van der Waals surface area contributed by atoms with Crippen LogP contribution in [0.3, 0.4) is 0 Å². The highest BCUT2D eigenvalue weighted by atomic mass is 17.0. The molecule has 2 N–H and O–H groups in total. The van der Waals surface area contributed by atoms with Crippen molar-refractivity contribution in [3.8, 4) is 0 Å². The van der Waals surface area contributed by atoms with Gasteiger partial charge in [0.25, 0.3) is 0 Å². The van der Waals surface area contributed by atoms with Crippen molar-refractivity contribution in [2.24, 2.45) is 0 Å². The Labute approximate surface area is 142 Å². The van der Waals surface area contributed by atoms with Crippen LogP contribution >= 0.6 is 0 Å². The first-order chi connectivity index (χ1) is 11.1. The van der Waals surface area contributed by atoms with E-state index in [0.717, 1.165) is 32.1 Å². The first-order valence-electron chi connectivity index (χ1n) is 9.88. The van der Waals surface area contributed by atoms with E-state index in [1.807, 2.05) is 0 Å². The first-order valence-corrected chi connectivity index (χ1v) is 9.88. The third-order valence-electron chi connectivity index (χ3n) is 4.63. The predicted octanol–water partition coefficient (Wildman–Crippen LogP) is 4.87. The van der Waals surface area contributed by atoms with Crippen molar-refractivity contribution in [1.82, 2.24) is 0 Å². The number of epoxide rings is 1. The van der Waals surface area contributed by atoms with Gasteiger partial charge in [0.15, 0.2) is 0 Å². The van der Waals surface area contributed by atoms with Crippen molar-refractivity contribution in [2.45, 2.75) is 122 Å². The number of hydrogen-bond acceptors (Lipinski definition) is 4. The molecule has 3 unspecified atom stereocenters. The van der Waals surface area contributed by atoms with Gasteiger partial charge in [-0.3, -0.25) is 4.74 Å². The molecule has 0 spiro atoms. The zero-order valence-electron chi connectivity index (χ0n) is 15.3. The van der Waals surface area contributed by atoms with Crippen molar-refractivity contribution in [3.05, 3.63) is 0 Å². The van der Waals surface area contributed by atoms with E-state index in [4.69, 9.17) is 9.47 Å². The summed E-state index contributed by atoms with van der Waals surface area (Å²) in [5, 5.41) is 18.9. The monoisotopic (exact) mass is 330 g/mol. The van der Waals surface area contributed by atoms with Gasteiger partial charge >= 0.3 is 5.97 Å². The predicted molar refractivity (Wildman–Crippen MR) is 92.9 cm³/mol. The minimum Gasteiger partial charge on any atom is -0.362 e. The maximum Gasteiger partial charge on any atom is 0.337 e. The maximum atomic E-state index is 9.73. The highest BCUT2D eigenvalue weighted by Gasteiger charge is 2.58. The van der Waals surface area contributed by atoms with Crippen LogP contribution in [-0.2, 0) is 9.47 Å². The smallest absolute Gasteiger partial charge is 0.337 e. The Morgan fingerprint density at radius 3 is 1.74 bits per heavy atom. The van der Waals surface area contributed by atoms with Crippen LogP contribution in [0.1, 0.15) is 104 Å². The molecule has 0 aromatic heterocycles. The Balaban J connectivity index is 1.99. The molecule has 3 atom stereocenters. The Hall–Kier alpha value is -0.160. The van der Waals surface area contributed by atoms with Crippen LogP contribution < -0.4 is 0 Å². The lowest BCUT2D eigenvalue weighted by molar-refractivity contribution is -0.226. The lowest BCUT2D eigenvalue weighted by Crippen LogP contribution is -2.27. The molecule has 0 radical (unpaired) electrons. The Morgan fingerprint density at radius 1 is 0.826 bits per heavy atom. The van der Waals surface area contributed by atoms with Crippen LogP contribution in [0.2, 0.25) is 0 Å². The third kappa shape index (κ3) is 9.65. The average molecular weight is 331 g/mol. The van der Waals surface area contributed by atoms with E-state index in [1.54, 1.807) is 0 Å². The van der Waals surface area contributed by atoms with Crippen molar-refractivity contribution < 1.29 is 19.7 Å². The summed E-state index contributed by atoms with van der Waals surface area (Å²) < 4.78 is 10.2. The molecule has 0 aromatic carbocycles. The molecule has 0 amide bonds. The van der Waals surface area contributed by atoms with E-state index in [1.165, 1.54) is 57.8 Å². The Bertz CT molecular complexity index is 285. The summed E-state index contributed by atoms with van der Waals surface area (Å²) in [7, 11) is 0. The lowest BCUT2D eigenvalue weighted by atomic mass is 10.0. The van der Waals surface area contributed by atoms with Crippen LogP contribution in [0.15, 0.2) is 0 Å². The van der Waals surface area contributed by atoms with E-state index in [0.29, 0.717) is 0 Å². The van der Waals surface area contributed by atoms with Gasteiger partial charge in [-0.05, 0) is 12.8 Å². The average Bonchev–Trinajstić information content (AvgIpc) is 3.12. The molecule has 0 aliphatic carbocycles. The number of aliphatic hydroxyl groups excluding tert-OH is 1. The molecule has 1 fully saturated rings. The molecular formula is C19H38O4. The van der Waals surface area contributed by atoms with Gasteiger partial charge in [0.1, 0.15) is 0 Å². The number of aliphatic hydroxyl groups is 2. The fraction of sp³-hybridized carbons (Fsp3) is 1.00. The topological polar surface area (TPSA) is 62.2 Å². The molecule has 138 valence electrons. The normalized spacial score (nSPS) is 24.8. The Kier molecular flexibility index (Phi) is 11.1. The second kappa shape index (κ2) is 12.2. The van der Waals surface area contributed by atoms with Gasteiger partial charge in [-0.15, -0.1) is 0 Å². The van der Waals surface area contributed by atoms with E-state index >= 15 is 0 Å². The Morgan fingerprint density at radius 2 is 1.26 bits per heavy atom. The summed E-state index contributed by atoms with van der Waals surface area (Å²) in [6.07, 6.45) is 16.1. The van der Waals surface area contributed by atoms with Gasteiger partial charge < -0.3 is 14.9 Å². The largest absolute Gasteiger partial charge is 0.362 e. The molecular weight excluding hydrogens is 292 g/mol. The summed E-state index contributed by atoms with van der Waals surface area (Å²) >= 11 is 0. The van der Waals surface area contributed by atoms with E-state index < -0.39 is 12.3 Å². The van der Waals surface area contributed by atoms with Gasteiger partial charge in [-0.25, -0.2) is 0 Å². The molecule has 4 heteroatoms. The molecule has 1 saturated heterocycles. The van der Waals surface area contributed by atoms with E-state index in [2.05, 4.69) is 13.8 Å². The van der Waals surface area contributed by atoms with E-state index in [9.17, 15) is 10.2 Å². The summed E-state index contributed by atoms with van der Waals surface area (Å²) in [4.78, 5) is 0. The number of ether oxygens (including phenoxy) is 2. The third-order valence-corrected chi connectivity index (χ3v) is 4.63. The van der Waals surface area contributed by atoms with Crippen LogP contribution in [-0.4, -0.2) is 28.6 Å².